The van der Waals surface area contributed by atoms with Crippen LogP contribution in [0.25, 0.3) is 0 Å². The number of halogens is 1. The lowest BCUT2D eigenvalue weighted by molar-refractivity contribution is 0.559. The Kier molecular flexibility index (Phi) is 3.38. The number of nitrogens with two attached hydrogens (primary N) is 1. The zero-order chi connectivity index (χ0) is 13.3. The number of anilines is 1. The molecule has 2 rings (SSSR count). The van der Waals surface area contributed by atoms with Crippen LogP contribution in [0.2, 0.25) is 5.02 Å². The van der Waals surface area contributed by atoms with E-state index in [2.05, 4.69) is 10.2 Å². The maximum atomic E-state index is 11.7. The number of aryl methyl sites for hydroxylation is 2. The van der Waals surface area contributed by atoms with Gasteiger partial charge in [0.15, 0.2) is 0 Å². The third kappa shape index (κ3) is 2.24. The summed E-state index contributed by atoms with van der Waals surface area (Å²) < 4.78 is 3.08. The van der Waals surface area contributed by atoms with Gasteiger partial charge in [0.2, 0.25) is 0 Å². The number of nitrogens with zero attached hydrogens (tertiary/aromatic N) is 4. The molecule has 0 aromatic carbocycles. The molecule has 2 aromatic heterocycles. The normalized spacial score (nSPS) is 10.8. The number of hydrogen-bond donors (Lipinski definition) is 1. The van der Waals surface area contributed by atoms with E-state index in [0.717, 1.165) is 11.4 Å². The largest absolute Gasteiger partial charge is 0.397 e. The second-order valence-electron chi connectivity index (χ2n) is 3.95. The fraction of sp³-hybridized carbons (Fsp3) is 0.364. The van der Waals surface area contributed by atoms with E-state index in [1.807, 2.05) is 13.8 Å². The summed E-state index contributed by atoms with van der Waals surface area (Å²) in [6.07, 6.45) is 1.44. The minimum Gasteiger partial charge on any atom is -0.397 e. The smallest absolute Gasteiger partial charge is 0.269 e. The van der Waals surface area contributed by atoms with Crippen LogP contribution >= 0.6 is 11.6 Å². The molecule has 0 aliphatic carbocycles. The molecular weight excluding hydrogens is 254 g/mol. The van der Waals surface area contributed by atoms with Crippen LogP contribution < -0.4 is 11.3 Å². The monoisotopic (exact) mass is 267 g/mol. The van der Waals surface area contributed by atoms with Gasteiger partial charge in [-0.3, -0.25) is 9.48 Å². The maximum Gasteiger partial charge on any atom is 0.269 e. The van der Waals surface area contributed by atoms with E-state index in [9.17, 15) is 4.79 Å². The molecule has 0 fully saturated rings. The Labute approximate surface area is 109 Å². The van der Waals surface area contributed by atoms with Crippen LogP contribution in [0.3, 0.4) is 0 Å². The summed E-state index contributed by atoms with van der Waals surface area (Å²) in [5.74, 6) is 0. The highest BCUT2D eigenvalue weighted by Crippen LogP contribution is 2.20. The Hall–Kier alpha value is -1.82. The van der Waals surface area contributed by atoms with Crippen LogP contribution in [0.4, 0.5) is 5.69 Å². The quantitative estimate of drug-likeness (QED) is 0.902. The SMILES string of the molecule is CCn1nc(C)c(Cl)c1Cn1ncc(N)cc1=O. The summed E-state index contributed by atoms with van der Waals surface area (Å²) in [4.78, 5) is 11.7. The molecule has 0 saturated carbocycles. The van der Waals surface area contributed by atoms with Crippen molar-refractivity contribution in [3.63, 3.8) is 0 Å². The molecule has 0 atom stereocenters. The minimum absolute atomic E-state index is 0.257. The van der Waals surface area contributed by atoms with Crippen molar-refractivity contribution >= 4 is 17.3 Å². The lowest BCUT2D eigenvalue weighted by Gasteiger charge is -2.07. The highest BCUT2D eigenvalue weighted by molar-refractivity contribution is 6.31. The lowest BCUT2D eigenvalue weighted by Crippen LogP contribution is -2.24. The molecule has 6 nitrogen and oxygen atoms in total. The third-order valence-electron chi connectivity index (χ3n) is 2.64. The molecule has 2 aromatic rings. The van der Waals surface area contributed by atoms with E-state index in [4.69, 9.17) is 17.3 Å². The Balaban J connectivity index is 2.42. The standard InChI is InChI=1S/C11H14ClN5O/c1-3-16-9(11(12)7(2)15-16)6-17-10(18)4-8(13)5-14-17/h4-5H,3,6,13H2,1-2H3. The van der Waals surface area contributed by atoms with E-state index in [-0.39, 0.29) is 12.1 Å². The Morgan fingerprint density at radius 3 is 2.78 bits per heavy atom. The molecule has 0 unspecified atom stereocenters. The van der Waals surface area contributed by atoms with Crippen LogP contribution in [-0.4, -0.2) is 19.6 Å². The topological polar surface area (TPSA) is 78.7 Å². The number of rotatable bonds is 3. The van der Waals surface area contributed by atoms with Crippen LogP contribution in [0.5, 0.6) is 0 Å². The van der Waals surface area contributed by atoms with Crippen LogP contribution in [0.1, 0.15) is 18.3 Å². The summed E-state index contributed by atoms with van der Waals surface area (Å²) in [7, 11) is 0. The van der Waals surface area contributed by atoms with Crippen molar-refractivity contribution in [2.75, 3.05) is 5.73 Å². The summed E-state index contributed by atoms with van der Waals surface area (Å²) in [5, 5.41) is 8.84. The van der Waals surface area contributed by atoms with Gasteiger partial charge in [0.25, 0.3) is 5.56 Å². The summed E-state index contributed by atoms with van der Waals surface area (Å²) in [5.41, 5.74) is 7.11. The zero-order valence-electron chi connectivity index (χ0n) is 10.2. The highest BCUT2D eigenvalue weighted by Gasteiger charge is 2.13. The molecule has 0 radical (unpaired) electrons. The van der Waals surface area contributed by atoms with Crippen molar-refractivity contribution in [2.45, 2.75) is 26.9 Å². The van der Waals surface area contributed by atoms with Crippen molar-refractivity contribution in [1.29, 1.82) is 0 Å². The van der Waals surface area contributed by atoms with Gasteiger partial charge in [-0.2, -0.15) is 10.2 Å². The number of hydrogen-bond acceptors (Lipinski definition) is 4. The van der Waals surface area contributed by atoms with Crippen molar-refractivity contribution in [1.82, 2.24) is 19.6 Å². The Morgan fingerprint density at radius 1 is 1.44 bits per heavy atom. The summed E-state index contributed by atoms with van der Waals surface area (Å²) in [6, 6.07) is 1.33. The van der Waals surface area contributed by atoms with Crippen LogP contribution in [-0.2, 0) is 13.1 Å². The zero-order valence-corrected chi connectivity index (χ0v) is 11.0. The minimum atomic E-state index is -0.257. The molecular formula is C11H14ClN5O. The molecule has 18 heavy (non-hydrogen) atoms. The number of aromatic nitrogens is 4. The number of nitrogen functional groups attached to an aromatic ring is 1. The first-order valence-electron chi connectivity index (χ1n) is 5.57. The first-order valence-corrected chi connectivity index (χ1v) is 5.95. The van der Waals surface area contributed by atoms with Crippen molar-refractivity contribution in [2.24, 2.45) is 0 Å². The van der Waals surface area contributed by atoms with Gasteiger partial charge in [-0.1, -0.05) is 11.6 Å². The van der Waals surface area contributed by atoms with E-state index in [1.165, 1.54) is 16.9 Å². The molecule has 96 valence electrons. The predicted molar refractivity (Wildman–Crippen MR) is 69.7 cm³/mol. The fourth-order valence-electron chi connectivity index (χ4n) is 1.73. The second-order valence-corrected chi connectivity index (χ2v) is 4.32. The van der Waals surface area contributed by atoms with Gasteiger partial charge in [0, 0.05) is 12.6 Å². The van der Waals surface area contributed by atoms with Crippen molar-refractivity contribution < 1.29 is 0 Å². The maximum absolute atomic E-state index is 11.7. The Morgan fingerprint density at radius 2 is 2.17 bits per heavy atom. The second kappa shape index (κ2) is 4.81. The highest BCUT2D eigenvalue weighted by atomic mass is 35.5. The Bertz CT molecular complexity index is 631. The van der Waals surface area contributed by atoms with Crippen molar-refractivity contribution in [3.8, 4) is 0 Å². The molecule has 0 saturated heterocycles. The van der Waals surface area contributed by atoms with Crippen LogP contribution in [0.15, 0.2) is 17.1 Å². The fourth-order valence-corrected chi connectivity index (χ4v) is 1.92. The van der Waals surface area contributed by atoms with E-state index in [1.54, 1.807) is 4.68 Å². The van der Waals surface area contributed by atoms with Crippen LogP contribution in [0, 0.1) is 6.92 Å². The summed E-state index contributed by atoms with van der Waals surface area (Å²) >= 11 is 6.18. The van der Waals surface area contributed by atoms with E-state index >= 15 is 0 Å². The van der Waals surface area contributed by atoms with Crippen molar-refractivity contribution in [3.05, 3.63) is 39.0 Å². The first-order chi connectivity index (χ1) is 8.52. The molecule has 0 spiro atoms. The van der Waals surface area contributed by atoms with E-state index < -0.39 is 0 Å². The molecule has 0 aliphatic rings. The average Bonchev–Trinajstić information content (AvgIpc) is 2.60. The van der Waals surface area contributed by atoms with Gasteiger partial charge < -0.3 is 5.73 Å². The molecule has 0 aliphatic heterocycles. The van der Waals surface area contributed by atoms with Gasteiger partial charge in [-0.15, -0.1) is 0 Å². The van der Waals surface area contributed by atoms with E-state index in [0.29, 0.717) is 17.3 Å². The predicted octanol–water partition coefficient (Wildman–Crippen LogP) is 1.05. The summed E-state index contributed by atoms with van der Waals surface area (Å²) in [6.45, 7) is 4.77. The molecule has 0 amide bonds. The van der Waals surface area contributed by atoms with Gasteiger partial charge in [0.05, 0.1) is 34.8 Å². The molecule has 2 N–H and O–H groups in total. The van der Waals surface area contributed by atoms with Gasteiger partial charge >= 0.3 is 0 Å². The molecule has 2 heterocycles. The van der Waals surface area contributed by atoms with Gasteiger partial charge in [-0.25, -0.2) is 4.68 Å². The lowest BCUT2D eigenvalue weighted by atomic mass is 10.3. The first kappa shape index (κ1) is 12.6. The van der Waals surface area contributed by atoms with Gasteiger partial charge in [-0.05, 0) is 13.8 Å². The molecule has 0 bridgehead atoms. The van der Waals surface area contributed by atoms with Gasteiger partial charge in [0.1, 0.15) is 0 Å². The average molecular weight is 268 g/mol. The third-order valence-corrected chi connectivity index (χ3v) is 3.13. The molecule has 7 heteroatoms.